The normalized spacial score (nSPS) is 22.7. The molecule has 1 aliphatic heterocycles. The van der Waals surface area contributed by atoms with Gasteiger partial charge < -0.3 is 24.2 Å². The molecule has 136 valence electrons. The molecule has 1 atom stereocenters. The predicted octanol–water partition coefficient (Wildman–Crippen LogP) is 1.14. The van der Waals surface area contributed by atoms with Gasteiger partial charge >= 0.3 is 5.97 Å². The van der Waals surface area contributed by atoms with E-state index in [0.29, 0.717) is 0 Å². The van der Waals surface area contributed by atoms with Crippen LogP contribution in [0.2, 0.25) is 0 Å². The molecule has 23 heavy (non-hydrogen) atoms. The van der Waals surface area contributed by atoms with E-state index >= 15 is 0 Å². The van der Waals surface area contributed by atoms with Crippen LogP contribution in [0.25, 0.3) is 0 Å². The van der Waals surface area contributed by atoms with Crippen LogP contribution < -0.4 is 0 Å². The Labute approximate surface area is 138 Å². The fourth-order valence-electron chi connectivity index (χ4n) is 3.55. The highest BCUT2D eigenvalue weighted by molar-refractivity contribution is 5.70. The zero-order chi connectivity index (χ0) is 17.7. The summed E-state index contributed by atoms with van der Waals surface area (Å²) in [6.45, 7) is 8.29. The molecule has 1 saturated heterocycles. The van der Waals surface area contributed by atoms with Gasteiger partial charge in [0.05, 0.1) is 26.4 Å². The summed E-state index contributed by atoms with van der Waals surface area (Å²) in [5, 5.41) is 10.8. The number of aliphatic hydroxyl groups is 1. The molecule has 7 heteroatoms. The first-order valence-electron chi connectivity index (χ1n) is 7.91. The molecular formula is C16H31NO6. The van der Waals surface area contributed by atoms with Gasteiger partial charge in [-0.3, -0.25) is 0 Å². The lowest BCUT2D eigenvalue weighted by atomic mass is 9.80. The number of methoxy groups -OCH3 is 1. The molecule has 1 N–H and O–H groups in total. The average molecular weight is 333 g/mol. The molecule has 1 fully saturated rings. The third-order valence-corrected chi connectivity index (χ3v) is 4.03. The highest BCUT2D eigenvalue weighted by Crippen LogP contribution is 2.39. The summed E-state index contributed by atoms with van der Waals surface area (Å²) < 4.78 is 16.1. The van der Waals surface area contributed by atoms with Crippen LogP contribution in [0.15, 0.2) is 0 Å². The van der Waals surface area contributed by atoms with Gasteiger partial charge in [0.1, 0.15) is 12.7 Å². The quantitative estimate of drug-likeness (QED) is 0.667. The van der Waals surface area contributed by atoms with Crippen molar-refractivity contribution in [3.63, 3.8) is 0 Å². The van der Waals surface area contributed by atoms with Gasteiger partial charge in [0.15, 0.2) is 0 Å². The van der Waals surface area contributed by atoms with Gasteiger partial charge in [0.2, 0.25) is 0 Å². The number of esters is 1. The number of hydrogen-bond donors (Lipinski definition) is 1. The molecule has 0 aromatic heterocycles. The first-order valence-corrected chi connectivity index (χ1v) is 7.91. The van der Waals surface area contributed by atoms with Gasteiger partial charge in [-0.15, -0.1) is 0 Å². The Hall–Kier alpha value is -0.730. The summed E-state index contributed by atoms with van der Waals surface area (Å²) in [5.74, 6) is -0.675. The number of hydroxylamine groups is 2. The van der Waals surface area contributed by atoms with Crippen LogP contribution in [0, 0.1) is 0 Å². The van der Waals surface area contributed by atoms with E-state index in [1.165, 1.54) is 7.11 Å². The average Bonchev–Trinajstić information content (AvgIpc) is 2.42. The van der Waals surface area contributed by atoms with E-state index in [0.717, 1.165) is 12.8 Å². The van der Waals surface area contributed by atoms with E-state index in [9.17, 15) is 4.79 Å². The monoisotopic (exact) mass is 333 g/mol. The van der Waals surface area contributed by atoms with E-state index in [4.69, 9.17) is 24.2 Å². The molecule has 1 rings (SSSR count). The molecule has 0 aromatic rings. The van der Waals surface area contributed by atoms with Gasteiger partial charge in [-0.1, -0.05) is 0 Å². The molecule has 7 nitrogen and oxygen atoms in total. The SMILES string of the molecule is COCC(COC1CC(C)(C)N(OC)C(C)(C)C1)OC(=O)CO. The number of rotatable bonds is 8. The Morgan fingerprint density at radius 2 is 1.74 bits per heavy atom. The van der Waals surface area contributed by atoms with Gasteiger partial charge in [-0.25, -0.2) is 4.79 Å². The summed E-state index contributed by atoms with van der Waals surface area (Å²) in [4.78, 5) is 16.8. The van der Waals surface area contributed by atoms with Crippen LogP contribution in [0.5, 0.6) is 0 Å². The summed E-state index contributed by atoms with van der Waals surface area (Å²) in [6.07, 6.45) is 1.11. The zero-order valence-electron chi connectivity index (χ0n) is 15.1. The smallest absolute Gasteiger partial charge is 0.332 e. The lowest BCUT2D eigenvalue weighted by Crippen LogP contribution is -2.61. The molecule has 0 spiro atoms. The van der Waals surface area contributed by atoms with E-state index in [2.05, 4.69) is 27.7 Å². The highest BCUT2D eigenvalue weighted by Gasteiger charge is 2.46. The number of piperidine rings is 1. The Kier molecular flexibility index (Phi) is 7.41. The van der Waals surface area contributed by atoms with E-state index in [1.807, 2.05) is 5.06 Å². The maximum atomic E-state index is 11.2. The van der Waals surface area contributed by atoms with Gasteiger partial charge in [0, 0.05) is 18.2 Å². The lowest BCUT2D eigenvalue weighted by Gasteiger charge is -2.53. The van der Waals surface area contributed by atoms with Crippen molar-refractivity contribution < 1.29 is 28.9 Å². The number of aliphatic hydroxyl groups excluding tert-OH is 1. The molecule has 1 heterocycles. The number of carbonyl (C=O) groups is 1. The minimum Gasteiger partial charge on any atom is -0.456 e. The highest BCUT2D eigenvalue weighted by atomic mass is 16.7. The molecule has 0 bridgehead atoms. The fraction of sp³-hybridized carbons (Fsp3) is 0.938. The second-order valence-corrected chi connectivity index (χ2v) is 7.19. The Bertz CT molecular complexity index is 367. The molecule has 1 unspecified atom stereocenters. The molecule has 0 aliphatic carbocycles. The molecule has 1 aliphatic rings. The summed E-state index contributed by atoms with van der Waals surface area (Å²) in [5.41, 5.74) is -0.334. The van der Waals surface area contributed by atoms with Crippen molar-refractivity contribution in [2.75, 3.05) is 34.0 Å². The summed E-state index contributed by atoms with van der Waals surface area (Å²) in [7, 11) is 3.22. The standard InChI is InChI=1S/C16H31NO6/c1-15(2)7-12(8-16(3,4)17(15)21-6)22-11-13(10-20-5)23-14(19)9-18/h12-13,18H,7-11H2,1-6H3. The minimum atomic E-state index is -0.675. The van der Waals surface area contributed by atoms with Crippen LogP contribution in [0.4, 0.5) is 0 Å². The number of nitrogens with zero attached hydrogens (tertiary/aromatic N) is 1. The fourth-order valence-corrected chi connectivity index (χ4v) is 3.55. The first-order chi connectivity index (χ1) is 10.7. The molecule has 0 radical (unpaired) electrons. The van der Waals surface area contributed by atoms with Crippen molar-refractivity contribution >= 4 is 5.97 Å². The summed E-state index contributed by atoms with van der Waals surface area (Å²) >= 11 is 0. The van der Waals surface area contributed by atoms with Crippen molar-refractivity contribution in [2.24, 2.45) is 0 Å². The Morgan fingerprint density at radius 1 is 1.17 bits per heavy atom. The van der Waals surface area contributed by atoms with Gasteiger partial charge in [0.25, 0.3) is 0 Å². The topological polar surface area (TPSA) is 77.5 Å². The minimum absolute atomic E-state index is 0.0265. The largest absolute Gasteiger partial charge is 0.456 e. The predicted molar refractivity (Wildman–Crippen MR) is 84.8 cm³/mol. The lowest BCUT2D eigenvalue weighted by molar-refractivity contribution is -0.281. The molecule has 0 amide bonds. The van der Waals surface area contributed by atoms with Crippen LogP contribution in [-0.2, 0) is 23.8 Å². The zero-order valence-corrected chi connectivity index (χ0v) is 15.1. The third-order valence-electron chi connectivity index (χ3n) is 4.03. The number of hydrogen-bond acceptors (Lipinski definition) is 7. The van der Waals surface area contributed by atoms with Crippen molar-refractivity contribution in [3.8, 4) is 0 Å². The molecule has 0 saturated carbocycles. The van der Waals surface area contributed by atoms with Crippen molar-refractivity contribution in [1.82, 2.24) is 5.06 Å². The van der Waals surface area contributed by atoms with Gasteiger partial charge in [-0.2, -0.15) is 5.06 Å². The van der Waals surface area contributed by atoms with Crippen LogP contribution in [0.1, 0.15) is 40.5 Å². The summed E-state index contributed by atoms with van der Waals surface area (Å²) in [6, 6.07) is 0. The molecule has 0 aromatic carbocycles. The third kappa shape index (κ3) is 5.69. The molecular weight excluding hydrogens is 302 g/mol. The van der Waals surface area contributed by atoms with Crippen molar-refractivity contribution in [3.05, 3.63) is 0 Å². The van der Waals surface area contributed by atoms with Gasteiger partial charge in [-0.05, 0) is 40.5 Å². The van der Waals surface area contributed by atoms with Crippen LogP contribution >= 0.6 is 0 Å². The second kappa shape index (κ2) is 8.39. The number of ether oxygens (including phenoxy) is 3. The van der Waals surface area contributed by atoms with Crippen LogP contribution in [-0.4, -0.2) is 73.5 Å². The van der Waals surface area contributed by atoms with E-state index in [1.54, 1.807) is 7.11 Å². The Morgan fingerprint density at radius 3 is 2.17 bits per heavy atom. The second-order valence-electron chi connectivity index (χ2n) is 7.19. The Balaban J connectivity index is 2.64. The van der Waals surface area contributed by atoms with E-state index in [-0.39, 0.29) is 30.4 Å². The first kappa shape index (κ1) is 20.3. The van der Waals surface area contributed by atoms with Crippen molar-refractivity contribution in [2.45, 2.75) is 63.8 Å². The van der Waals surface area contributed by atoms with E-state index < -0.39 is 18.7 Å². The maximum absolute atomic E-state index is 11.2. The van der Waals surface area contributed by atoms with Crippen molar-refractivity contribution in [1.29, 1.82) is 0 Å². The maximum Gasteiger partial charge on any atom is 0.332 e. The van der Waals surface area contributed by atoms with Crippen LogP contribution in [0.3, 0.4) is 0 Å². The number of carbonyl (C=O) groups excluding carboxylic acids is 1.